The molecule has 0 heterocycles. The van der Waals surface area contributed by atoms with E-state index < -0.39 is 23.5 Å². The van der Waals surface area contributed by atoms with E-state index in [1.807, 2.05) is 0 Å². The van der Waals surface area contributed by atoms with Crippen molar-refractivity contribution in [1.29, 1.82) is 0 Å². The van der Waals surface area contributed by atoms with Crippen molar-refractivity contribution in [3.8, 4) is 0 Å². The van der Waals surface area contributed by atoms with Crippen LogP contribution in [0.4, 0.5) is 4.39 Å². The minimum Gasteiger partial charge on any atom is -0.614 e. The van der Waals surface area contributed by atoms with Gasteiger partial charge < -0.3 is 14.6 Å². The maximum Gasteiger partial charge on any atom is 1.00 e. The molecule has 13 heavy (non-hydrogen) atoms. The largest absolute Gasteiger partial charge is 1.00 e. The van der Waals surface area contributed by atoms with E-state index in [-0.39, 0.29) is 29.6 Å². The number of rotatable bonds is 3. The van der Waals surface area contributed by atoms with Gasteiger partial charge in [0.15, 0.2) is 5.83 Å². The van der Waals surface area contributed by atoms with E-state index >= 15 is 0 Å². The Kier molecular flexibility index (Phi) is 7.89. The van der Waals surface area contributed by atoms with Gasteiger partial charge in [0.05, 0.1) is 13.1 Å². The van der Waals surface area contributed by atoms with Crippen molar-refractivity contribution in [3.05, 3.63) is 11.8 Å². The number of carbonyl (C=O) groups excluding carboxylic acids is 2. The minimum atomic E-state index is -1.79. The summed E-state index contributed by atoms with van der Waals surface area (Å²) in [6.07, 6.45) is 0. The summed E-state index contributed by atoms with van der Waals surface area (Å²) < 4.78 is 20.1. The van der Waals surface area contributed by atoms with E-state index in [0.717, 1.165) is 14.2 Å². The number of hydrogen-bond donors (Lipinski definition) is 0. The standard InChI is InChI=1S/C6H7FO5.Na/c1-11-5(9)3(7)4(8)6(10)12-2;/h9H,1-2H3;/q;+1/p-1/b5-3-;. The number of halogens is 1. The molecule has 0 fully saturated rings. The molecule has 0 bridgehead atoms. The van der Waals surface area contributed by atoms with E-state index in [1.54, 1.807) is 0 Å². The smallest absolute Gasteiger partial charge is 0.614 e. The molecule has 0 saturated carbocycles. The van der Waals surface area contributed by atoms with Crippen molar-refractivity contribution in [1.82, 2.24) is 0 Å². The average molecular weight is 200 g/mol. The van der Waals surface area contributed by atoms with Gasteiger partial charge in [0.1, 0.15) is 0 Å². The third-order valence-corrected chi connectivity index (χ3v) is 0.935. The van der Waals surface area contributed by atoms with Crippen molar-refractivity contribution in [3.63, 3.8) is 0 Å². The molecule has 0 N–H and O–H groups in total. The summed E-state index contributed by atoms with van der Waals surface area (Å²) >= 11 is 0. The molecular weight excluding hydrogens is 194 g/mol. The van der Waals surface area contributed by atoms with E-state index in [2.05, 4.69) is 9.47 Å². The molecule has 0 rings (SSSR count). The minimum absolute atomic E-state index is 0. The van der Waals surface area contributed by atoms with Crippen LogP contribution in [-0.4, -0.2) is 26.0 Å². The molecular formula is C6H6FNaO5. The molecule has 0 aromatic carbocycles. The normalized spacial score (nSPS) is 10.7. The number of ketones is 1. The van der Waals surface area contributed by atoms with Crippen LogP contribution in [0.1, 0.15) is 0 Å². The molecule has 5 nitrogen and oxygen atoms in total. The summed E-state index contributed by atoms with van der Waals surface area (Å²) in [7, 11) is 1.78. The van der Waals surface area contributed by atoms with Crippen LogP contribution in [0, 0.1) is 0 Å². The average Bonchev–Trinajstić information content (AvgIpc) is 2.12. The third kappa shape index (κ3) is 4.25. The molecule has 7 heteroatoms. The second kappa shape index (κ2) is 6.88. The first-order valence-corrected chi connectivity index (χ1v) is 2.78. The molecule has 0 amide bonds. The van der Waals surface area contributed by atoms with Crippen LogP contribution in [0.15, 0.2) is 11.8 Å². The van der Waals surface area contributed by atoms with Crippen LogP contribution in [0.2, 0.25) is 0 Å². The van der Waals surface area contributed by atoms with Crippen LogP contribution >= 0.6 is 0 Å². The predicted octanol–water partition coefficient (Wildman–Crippen LogP) is -4.12. The van der Waals surface area contributed by atoms with Gasteiger partial charge in [0.25, 0.3) is 5.78 Å². The number of ether oxygens (including phenoxy) is 2. The predicted molar refractivity (Wildman–Crippen MR) is 32.2 cm³/mol. The molecule has 68 valence electrons. The molecule has 0 aliphatic rings. The molecule has 0 unspecified atom stereocenters. The van der Waals surface area contributed by atoms with Crippen LogP contribution in [-0.2, 0) is 19.1 Å². The van der Waals surface area contributed by atoms with Gasteiger partial charge in [0, 0.05) is 0 Å². The molecule has 0 spiro atoms. The van der Waals surface area contributed by atoms with Gasteiger partial charge in [0.2, 0.25) is 0 Å². The van der Waals surface area contributed by atoms with Crippen LogP contribution in [0.25, 0.3) is 0 Å². The van der Waals surface area contributed by atoms with Crippen molar-refractivity contribution in [2.45, 2.75) is 0 Å². The summed E-state index contributed by atoms with van der Waals surface area (Å²) in [6, 6.07) is 0. The molecule has 0 aliphatic heterocycles. The maximum atomic E-state index is 12.4. The van der Waals surface area contributed by atoms with Crippen molar-refractivity contribution >= 4 is 11.8 Å². The Bertz CT molecular complexity index is 237. The summed E-state index contributed by atoms with van der Waals surface area (Å²) in [5.41, 5.74) is 0. The van der Waals surface area contributed by atoms with Gasteiger partial charge in [-0.25, -0.2) is 9.18 Å². The van der Waals surface area contributed by atoms with Crippen molar-refractivity contribution < 1.29 is 58.1 Å². The van der Waals surface area contributed by atoms with E-state index in [9.17, 15) is 19.1 Å². The monoisotopic (exact) mass is 200 g/mol. The quantitative estimate of drug-likeness (QED) is 0.152. The number of Topliss-reactive ketones (excluding diaryl/α,β-unsaturated/α-hetero) is 1. The molecule has 0 radical (unpaired) electrons. The summed E-state index contributed by atoms with van der Waals surface area (Å²) in [4.78, 5) is 20.8. The van der Waals surface area contributed by atoms with Crippen LogP contribution in [0.3, 0.4) is 0 Å². The van der Waals surface area contributed by atoms with Crippen molar-refractivity contribution in [2.24, 2.45) is 0 Å². The fourth-order valence-electron chi connectivity index (χ4n) is 0.365. The zero-order chi connectivity index (χ0) is 9.72. The second-order valence-corrected chi connectivity index (χ2v) is 1.63. The Morgan fingerprint density at radius 3 is 2.00 bits per heavy atom. The second-order valence-electron chi connectivity index (χ2n) is 1.63. The Hall–Kier alpha value is -0.590. The van der Waals surface area contributed by atoms with E-state index in [0.29, 0.717) is 0 Å². The van der Waals surface area contributed by atoms with E-state index in [1.165, 1.54) is 0 Å². The van der Waals surface area contributed by atoms with Gasteiger partial charge in [-0.1, -0.05) is 0 Å². The third-order valence-electron chi connectivity index (χ3n) is 0.935. The van der Waals surface area contributed by atoms with Crippen LogP contribution < -0.4 is 34.7 Å². The topological polar surface area (TPSA) is 75.7 Å². The summed E-state index contributed by atoms with van der Waals surface area (Å²) in [5.74, 6) is -6.38. The first kappa shape index (κ1) is 14.9. The van der Waals surface area contributed by atoms with Gasteiger partial charge in [-0.3, -0.25) is 4.79 Å². The number of methoxy groups -OCH3 is 2. The van der Waals surface area contributed by atoms with Gasteiger partial charge in [-0.2, -0.15) is 0 Å². The molecule has 0 saturated heterocycles. The number of hydrogen-bond acceptors (Lipinski definition) is 5. The zero-order valence-corrected chi connectivity index (χ0v) is 9.42. The summed E-state index contributed by atoms with van der Waals surface area (Å²) in [6.45, 7) is 0. The van der Waals surface area contributed by atoms with Gasteiger partial charge in [-0.15, -0.1) is 0 Å². The molecule has 0 aliphatic carbocycles. The number of carbonyl (C=O) groups is 2. The van der Waals surface area contributed by atoms with Crippen molar-refractivity contribution in [2.75, 3.05) is 14.2 Å². The first-order chi connectivity index (χ1) is 5.54. The fraction of sp³-hybridized carbons (Fsp3) is 0.333. The van der Waals surface area contributed by atoms with Gasteiger partial charge in [-0.05, 0) is 7.11 Å². The fourth-order valence-corrected chi connectivity index (χ4v) is 0.365. The molecule has 0 aromatic rings. The number of esters is 1. The first-order valence-electron chi connectivity index (χ1n) is 2.78. The maximum absolute atomic E-state index is 12.4. The van der Waals surface area contributed by atoms with E-state index in [4.69, 9.17) is 0 Å². The SMILES string of the molecule is COC(=O)C(=O)/C(F)=C(\[O-])OC.[Na+]. The zero-order valence-electron chi connectivity index (χ0n) is 7.42. The molecule has 0 aromatic heterocycles. The Morgan fingerprint density at radius 1 is 1.23 bits per heavy atom. The summed E-state index contributed by atoms with van der Waals surface area (Å²) in [5, 5.41) is 10.3. The van der Waals surface area contributed by atoms with Crippen LogP contribution in [0.5, 0.6) is 0 Å². The Labute approximate surface area is 95.8 Å². The van der Waals surface area contributed by atoms with Gasteiger partial charge >= 0.3 is 35.5 Å². The Morgan fingerprint density at radius 2 is 1.69 bits per heavy atom. The Balaban J connectivity index is 0. The molecule has 0 atom stereocenters.